The second-order valence-electron chi connectivity index (χ2n) is 11.2. The number of rotatable bonds is 5. The summed E-state index contributed by atoms with van der Waals surface area (Å²) in [7, 11) is 0. The first-order valence-electron chi connectivity index (χ1n) is 13.2. The number of nitrogens with one attached hydrogen (secondary N) is 1. The summed E-state index contributed by atoms with van der Waals surface area (Å²) in [5, 5.41) is 4.27. The lowest BCUT2D eigenvalue weighted by Crippen LogP contribution is -2.51. The molecule has 186 valence electrons. The number of hydrogen-bond donors (Lipinski definition) is 1. The lowest BCUT2D eigenvalue weighted by atomic mass is 9.49. The Bertz CT molecular complexity index is 1080. The number of ether oxygens (including phenoxy) is 1. The fourth-order valence-corrected chi connectivity index (χ4v) is 8.74. The summed E-state index contributed by atoms with van der Waals surface area (Å²) in [6.07, 6.45) is 8.15. The third-order valence-electron chi connectivity index (χ3n) is 8.73. The number of carbonyl (C=O) groups excluding carboxylic acids is 2. The highest BCUT2D eigenvalue weighted by Crippen LogP contribution is 2.60. The number of anilines is 1. The van der Waals surface area contributed by atoms with Gasteiger partial charge in [0.05, 0.1) is 29.3 Å². The number of fused-ring (bicyclic) bond motifs is 1. The van der Waals surface area contributed by atoms with Gasteiger partial charge in [-0.25, -0.2) is 9.79 Å². The van der Waals surface area contributed by atoms with Crippen LogP contribution in [0.2, 0.25) is 0 Å². The van der Waals surface area contributed by atoms with Gasteiger partial charge in [-0.1, -0.05) is 23.9 Å². The second kappa shape index (κ2) is 8.99. The number of amides is 1. The zero-order valence-corrected chi connectivity index (χ0v) is 21.5. The van der Waals surface area contributed by atoms with Gasteiger partial charge in [0.2, 0.25) is 5.91 Å². The first kappa shape index (κ1) is 23.1. The van der Waals surface area contributed by atoms with Crippen molar-refractivity contribution in [3.8, 4) is 0 Å². The molecule has 0 radical (unpaired) electrons. The molecule has 1 atom stereocenters. The van der Waals surface area contributed by atoms with Crippen molar-refractivity contribution in [3.05, 3.63) is 41.1 Å². The molecule has 0 spiro atoms. The van der Waals surface area contributed by atoms with E-state index in [2.05, 4.69) is 22.3 Å². The molecule has 1 unspecified atom stereocenters. The molecule has 2 aliphatic heterocycles. The van der Waals surface area contributed by atoms with Crippen molar-refractivity contribution in [1.29, 1.82) is 0 Å². The number of aliphatic imine (C=N–C) groups is 1. The van der Waals surface area contributed by atoms with Gasteiger partial charge in [-0.3, -0.25) is 4.79 Å². The maximum Gasteiger partial charge on any atom is 0.338 e. The smallest absolute Gasteiger partial charge is 0.338 e. The van der Waals surface area contributed by atoms with Crippen molar-refractivity contribution >= 4 is 34.5 Å². The van der Waals surface area contributed by atoms with Crippen LogP contribution in [0, 0.1) is 23.2 Å². The summed E-state index contributed by atoms with van der Waals surface area (Å²) in [6.45, 7) is 4.90. The van der Waals surface area contributed by atoms with Gasteiger partial charge < -0.3 is 15.0 Å². The van der Waals surface area contributed by atoms with Crippen LogP contribution in [0.4, 0.5) is 5.69 Å². The van der Waals surface area contributed by atoms with Crippen molar-refractivity contribution in [2.45, 2.75) is 64.8 Å². The number of hydrogen-bond acceptors (Lipinski definition) is 6. The van der Waals surface area contributed by atoms with Gasteiger partial charge >= 0.3 is 5.97 Å². The maximum atomic E-state index is 13.7. The standard InChI is InChI=1S/C28H35N3O3S/c1-3-34-25(32)23-17(2)29-27-31(8-5-9-35-27)24(23)21-6-4-7-22(13-21)30-26(33)28-14-18-10-19(15-28)12-20(11-18)16-28/h4,6-7,13,18-20,24H,3,5,8-12,14-16H2,1-2H3,(H,30,33). The molecule has 5 fully saturated rings. The van der Waals surface area contributed by atoms with Gasteiger partial charge in [0.25, 0.3) is 0 Å². The summed E-state index contributed by atoms with van der Waals surface area (Å²) in [5.74, 6) is 3.12. The summed E-state index contributed by atoms with van der Waals surface area (Å²) in [4.78, 5) is 33.7. The van der Waals surface area contributed by atoms with Crippen LogP contribution in [-0.2, 0) is 14.3 Å². The topological polar surface area (TPSA) is 71.0 Å². The predicted molar refractivity (Wildman–Crippen MR) is 139 cm³/mol. The largest absolute Gasteiger partial charge is 0.463 e. The zero-order chi connectivity index (χ0) is 24.2. The van der Waals surface area contributed by atoms with Crippen molar-refractivity contribution < 1.29 is 14.3 Å². The van der Waals surface area contributed by atoms with Crippen molar-refractivity contribution in [1.82, 2.24) is 4.90 Å². The summed E-state index contributed by atoms with van der Waals surface area (Å²) in [6, 6.07) is 7.82. The Morgan fingerprint density at radius 2 is 1.89 bits per heavy atom. The molecule has 6 nitrogen and oxygen atoms in total. The molecule has 1 saturated heterocycles. The van der Waals surface area contributed by atoms with Crippen LogP contribution in [0.15, 0.2) is 40.5 Å². The Labute approximate surface area is 212 Å². The second-order valence-corrected chi connectivity index (χ2v) is 12.3. The first-order chi connectivity index (χ1) is 17.0. The minimum absolute atomic E-state index is 0.189. The summed E-state index contributed by atoms with van der Waals surface area (Å²) in [5.41, 5.74) is 2.94. The minimum Gasteiger partial charge on any atom is -0.463 e. The van der Waals surface area contributed by atoms with E-state index in [-0.39, 0.29) is 23.3 Å². The highest BCUT2D eigenvalue weighted by molar-refractivity contribution is 8.13. The van der Waals surface area contributed by atoms with E-state index >= 15 is 0 Å². The number of thioether (sulfide) groups is 1. The molecule has 1 N–H and O–H groups in total. The van der Waals surface area contributed by atoms with Crippen LogP contribution in [0.25, 0.3) is 0 Å². The van der Waals surface area contributed by atoms with Crippen LogP contribution in [0.5, 0.6) is 0 Å². The molecule has 7 rings (SSSR count). The summed E-state index contributed by atoms with van der Waals surface area (Å²) >= 11 is 1.74. The van der Waals surface area contributed by atoms with E-state index in [1.54, 1.807) is 11.8 Å². The average molecular weight is 494 g/mol. The molecule has 4 bridgehead atoms. The van der Waals surface area contributed by atoms with Crippen LogP contribution in [0.3, 0.4) is 0 Å². The van der Waals surface area contributed by atoms with E-state index in [0.717, 1.165) is 77.9 Å². The molecule has 35 heavy (non-hydrogen) atoms. The van der Waals surface area contributed by atoms with E-state index in [1.807, 2.05) is 26.0 Å². The van der Waals surface area contributed by atoms with Crippen LogP contribution in [0.1, 0.15) is 70.4 Å². The molecule has 4 aliphatic carbocycles. The molecule has 7 heteroatoms. The number of benzene rings is 1. The maximum absolute atomic E-state index is 13.7. The van der Waals surface area contributed by atoms with Gasteiger partial charge in [-0.15, -0.1) is 0 Å². The van der Waals surface area contributed by atoms with Crippen molar-refractivity contribution in [2.24, 2.45) is 28.2 Å². The normalized spacial score (nSPS) is 33.3. The van der Waals surface area contributed by atoms with Gasteiger partial charge in [-0.05, 0) is 94.2 Å². The van der Waals surface area contributed by atoms with Crippen molar-refractivity contribution in [2.75, 3.05) is 24.2 Å². The molecule has 6 aliphatic rings. The molecule has 1 amide bonds. The van der Waals surface area contributed by atoms with Gasteiger partial charge in [0.15, 0.2) is 5.17 Å². The fourth-order valence-electron chi connectivity index (χ4n) is 7.72. The third-order valence-corrected chi connectivity index (χ3v) is 9.81. The van der Waals surface area contributed by atoms with Gasteiger partial charge in [-0.2, -0.15) is 0 Å². The summed E-state index contributed by atoms with van der Waals surface area (Å²) < 4.78 is 5.45. The Morgan fingerprint density at radius 1 is 1.17 bits per heavy atom. The van der Waals surface area contributed by atoms with Gasteiger partial charge in [0.1, 0.15) is 0 Å². The van der Waals surface area contributed by atoms with Crippen LogP contribution < -0.4 is 5.32 Å². The quantitative estimate of drug-likeness (QED) is 0.546. The third kappa shape index (κ3) is 4.09. The lowest BCUT2D eigenvalue weighted by molar-refractivity contribution is -0.140. The fraction of sp³-hybridized carbons (Fsp3) is 0.607. The van der Waals surface area contributed by atoms with E-state index in [9.17, 15) is 9.59 Å². The first-order valence-corrected chi connectivity index (χ1v) is 14.2. The molecule has 0 aromatic heterocycles. The Kier molecular flexibility index (Phi) is 5.94. The Morgan fingerprint density at radius 3 is 2.57 bits per heavy atom. The highest BCUT2D eigenvalue weighted by atomic mass is 32.2. The van der Waals surface area contributed by atoms with Crippen LogP contribution >= 0.6 is 11.8 Å². The Balaban J connectivity index is 1.29. The van der Waals surface area contributed by atoms with Crippen LogP contribution in [-0.4, -0.2) is 40.8 Å². The molecular formula is C28H35N3O3S. The minimum atomic E-state index is -0.309. The van der Waals surface area contributed by atoms with E-state index in [1.165, 1.54) is 19.3 Å². The number of amidine groups is 1. The van der Waals surface area contributed by atoms with E-state index in [0.29, 0.717) is 12.2 Å². The number of nitrogens with zero attached hydrogens (tertiary/aromatic N) is 2. The number of carbonyl (C=O) groups is 2. The Hall–Kier alpha value is -2.28. The van der Waals surface area contributed by atoms with Gasteiger partial charge in [0, 0.05) is 18.0 Å². The van der Waals surface area contributed by atoms with E-state index < -0.39 is 0 Å². The molecule has 4 saturated carbocycles. The molecule has 1 aromatic rings. The monoisotopic (exact) mass is 493 g/mol. The highest BCUT2D eigenvalue weighted by Gasteiger charge is 2.54. The average Bonchev–Trinajstić information content (AvgIpc) is 2.82. The van der Waals surface area contributed by atoms with E-state index in [4.69, 9.17) is 9.73 Å². The SMILES string of the molecule is CCOC(=O)C1=C(C)N=C2SCCCN2C1c1cccc(NC(=O)C23CC4CC(CC(C4)C2)C3)c1. The number of allylic oxidation sites excluding steroid dienone is 1. The molecule has 2 heterocycles. The number of esters is 1. The molecule has 1 aromatic carbocycles. The van der Waals surface area contributed by atoms with Crippen molar-refractivity contribution in [3.63, 3.8) is 0 Å². The lowest BCUT2D eigenvalue weighted by Gasteiger charge is -2.55. The zero-order valence-electron chi connectivity index (χ0n) is 20.7. The predicted octanol–water partition coefficient (Wildman–Crippen LogP) is 5.53. The molecular weight excluding hydrogens is 458 g/mol.